The van der Waals surface area contributed by atoms with Gasteiger partial charge in [0, 0.05) is 11.8 Å². The summed E-state index contributed by atoms with van der Waals surface area (Å²) in [6.45, 7) is -0.0511. The highest BCUT2D eigenvalue weighted by Crippen LogP contribution is 2.36. The molecule has 3 aromatic carbocycles. The van der Waals surface area contributed by atoms with Crippen LogP contribution in [0, 0.1) is 5.82 Å². The highest BCUT2D eigenvalue weighted by atomic mass is 19.1. The number of ether oxygens (including phenoxy) is 2. The molecule has 2 amide bonds. The van der Waals surface area contributed by atoms with E-state index in [4.69, 9.17) is 15.2 Å². The molecule has 8 nitrogen and oxygen atoms in total. The maximum Gasteiger partial charge on any atom is 0.262 e. The fourth-order valence-electron chi connectivity index (χ4n) is 3.96. The van der Waals surface area contributed by atoms with Crippen molar-refractivity contribution >= 4 is 17.5 Å². The van der Waals surface area contributed by atoms with Crippen LogP contribution in [0.5, 0.6) is 11.5 Å². The van der Waals surface area contributed by atoms with Gasteiger partial charge in [0.15, 0.2) is 6.10 Å². The molecule has 9 heteroatoms. The molecule has 2 heterocycles. The first kappa shape index (κ1) is 22.1. The summed E-state index contributed by atoms with van der Waals surface area (Å²) >= 11 is 0. The molecule has 0 fully saturated rings. The number of benzene rings is 3. The zero-order valence-electron chi connectivity index (χ0n) is 18.7. The second-order valence-corrected chi connectivity index (χ2v) is 7.94. The smallest absolute Gasteiger partial charge is 0.262 e. The second-order valence-electron chi connectivity index (χ2n) is 7.94. The number of nitrogens with two attached hydrogens (primary N) is 1. The third kappa shape index (κ3) is 4.19. The minimum absolute atomic E-state index is 0.0511. The van der Waals surface area contributed by atoms with Gasteiger partial charge in [-0.05, 0) is 48.5 Å². The van der Waals surface area contributed by atoms with Crippen LogP contribution in [0.25, 0.3) is 16.9 Å². The van der Waals surface area contributed by atoms with E-state index in [-0.39, 0.29) is 17.9 Å². The van der Waals surface area contributed by atoms with E-state index >= 15 is 0 Å². The zero-order chi connectivity index (χ0) is 24.5. The van der Waals surface area contributed by atoms with Crippen LogP contribution < -0.4 is 20.1 Å². The topological polar surface area (TPSA) is 99.7 Å². The van der Waals surface area contributed by atoms with E-state index in [2.05, 4.69) is 5.10 Å². The normalized spacial score (nSPS) is 14.7. The number of primary amides is 1. The molecule has 5 rings (SSSR count). The molecule has 35 heavy (non-hydrogen) atoms. The van der Waals surface area contributed by atoms with E-state index in [0.29, 0.717) is 34.1 Å². The molecular formula is C26H21FN4O4. The predicted molar refractivity (Wildman–Crippen MR) is 127 cm³/mol. The third-order valence-corrected chi connectivity index (χ3v) is 5.72. The second kappa shape index (κ2) is 8.94. The van der Waals surface area contributed by atoms with Crippen molar-refractivity contribution in [3.63, 3.8) is 0 Å². The SMILES string of the molecule is COc1cccc(-c2nn(-c3ccc(F)cc3)cc2C(=O)N2C[C@@H](C(N)=O)Oc3ccccc32)c1. The number of nitrogens with zero attached hydrogens (tertiary/aromatic N) is 3. The summed E-state index contributed by atoms with van der Waals surface area (Å²) in [6, 6.07) is 19.9. The first-order valence-electron chi connectivity index (χ1n) is 10.8. The molecule has 0 bridgehead atoms. The number of aromatic nitrogens is 2. The summed E-state index contributed by atoms with van der Waals surface area (Å²) in [5, 5.41) is 4.65. The fraction of sp³-hybridized carbons (Fsp3) is 0.115. The van der Waals surface area contributed by atoms with Crippen molar-refractivity contribution in [1.82, 2.24) is 9.78 Å². The van der Waals surface area contributed by atoms with E-state index in [9.17, 15) is 14.0 Å². The van der Waals surface area contributed by atoms with Gasteiger partial charge in [-0.3, -0.25) is 9.59 Å². The van der Waals surface area contributed by atoms with E-state index in [1.165, 1.54) is 21.7 Å². The van der Waals surface area contributed by atoms with Crippen LogP contribution >= 0.6 is 0 Å². The van der Waals surface area contributed by atoms with Crippen molar-refractivity contribution in [3.8, 4) is 28.4 Å². The Balaban J connectivity index is 1.64. The molecule has 0 saturated carbocycles. The molecule has 0 aliphatic carbocycles. The quantitative estimate of drug-likeness (QED) is 0.479. The summed E-state index contributed by atoms with van der Waals surface area (Å²) in [5.41, 5.74) is 7.93. The van der Waals surface area contributed by atoms with Gasteiger partial charge in [-0.25, -0.2) is 9.07 Å². The molecule has 176 valence electrons. The van der Waals surface area contributed by atoms with Crippen molar-refractivity contribution in [2.45, 2.75) is 6.10 Å². The number of rotatable bonds is 5. The lowest BCUT2D eigenvalue weighted by Crippen LogP contribution is -2.49. The number of hydrogen-bond acceptors (Lipinski definition) is 5. The molecule has 0 unspecified atom stereocenters. The number of methoxy groups -OCH3 is 1. The largest absolute Gasteiger partial charge is 0.497 e. The highest BCUT2D eigenvalue weighted by molar-refractivity contribution is 6.11. The van der Waals surface area contributed by atoms with E-state index < -0.39 is 17.9 Å². The molecular weight excluding hydrogens is 451 g/mol. The predicted octanol–water partition coefficient (Wildman–Crippen LogP) is 3.58. The van der Waals surface area contributed by atoms with Crippen molar-refractivity contribution in [3.05, 3.63) is 90.4 Å². The lowest BCUT2D eigenvalue weighted by Gasteiger charge is -2.33. The first-order valence-corrected chi connectivity index (χ1v) is 10.8. The van der Waals surface area contributed by atoms with Gasteiger partial charge in [0.2, 0.25) is 0 Å². The van der Waals surface area contributed by atoms with Gasteiger partial charge in [-0.1, -0.05) is 24.3 Å². The van der Waals surface area contributed by atoms with Gasteiger partial charge in [-0.15, -0.1) is 0 Å². The lowest BCUT2D eigenvalue weighted by molar-refractivity contribution is -0.124. The first-order chi connectivity index (χ1) is 16.9. The summed E-state index contributed by atoms with van der Waals surface area (Å²) in [7, 11) is 1.55. The minimum atomic E-state index is -0.999. The van der Waals surface area contributed by atoms with Gasteiger partial charge in [0.25, 0.3) is 11.8 Å². The van der Waals surface area contributed by atoms with Crippen LogP contribution in [0.1, 0.15) is 10.4 Å². The van der Waals surface area contributed by atoms with E-state index in [1.54, 1.807) is 67.9 Å². The van der Waals surface area contributed by atoms with Crippen LogP contribution in [0.3, 0.4) is 0 Å². The van der Waals surface area contributed by atoms with Gasteiger partial charge < -0.3 is 20.1 Å². The average Bonchev–Trinajstić information content (AvgIpc) is 3.33. The Labute approximate surface area is 200 Å². The standard InChI is InChI=1S/C26H21FN4O4/c1-34-19-6-4-5-16(13-19)24-20(14-31(29-24)18-11-9-17(27)10-12-18)26(33)30-15-23(25(28)32)35-22-8-3-2-7-21(22)30/h2-14,23H,15H2,1H3,(H2,28,32)/t23-/m0/s1. The number of para-hydroxylation sites is 2. The number of hydrogen-bond donors (Lipinski definition) is 1. The molecule has 0 radical (unpaired) electrons. The van der Waals surface area contributed by atoms with Crippen molar-refractivity contribution in [2.24, 2.45) is 5.73 Å². The minimum Gasteiger partial charge on any atom is -0.497 e. The Morgan fingerprint density at radius 1 is 1.09 bits per heavy atom. The number of carbonyl (C=O) groups is 2. The van der Waals surface area contributed by atoms with Crippen molar-refractivity contribution in [1.29, 1.82) is 0 Å². The van der Waals surface area contributed by atoms with Gasteiger partial charge in [0.05, 0.1) is 30.6 Å². The Morgan fingerprint density at radius 3 is 2.60 bits per heavy atom. The van der Waals surface area contributed by atoms with Crippen LogP contribution in [0.4, 0.5) is 10.1 Å². The number of fused-ring (bicyclic) bond motifs is 1. The summed E-state index contributed by atoms with van der Waals surface area (Å²) < 4.78 is 26.1. The number of halogens is 1. The molecule has 1 atom stereocenters. The van der Waals surface area contributed by atoms with E-state index in [0.717, 1.165) is 0 Å². The monoisotopic (exact) mass is 472 g/mol. The molecule has 2 N–H and O–H groups in total. The maximum absolute atomic E-state index is 14.0. The summed E-state index contributed by atoms with van der Waals surface area (Å²) in [4.78, 5) is 27.4. The van der Waals surface area contributed by atoms with Crippen molar-refractivity contribution < 1.29 is 23.5 Å². The fourth-order valence-corrected chi connectivity index (χ4v) is 3.96. The lowest BCUT2D eigenvalue weighted by atomic mass is 10.1. The molecule has 1 aliphatic heterocycles. The molecule has 1 aromatic heterocycles. The maximum atomic E-state index is 14.0. The Morgan fingerprint density at radius 2 is 1.86 bits per heavy atom. The molecule has 0 saturated heterocycles. The Bertz CT molecular complexity index is 1420. The average molecular weight is 472 g/mol. The highest BCUT2D eigenvalue weighted by Gasteiger charge is 2.35. The zero-order valence-corrected chi connectivity index (χ0v) is 18.7. The Hall–Kier alpha value is -4.66. The summed E-state index contributed by atoms with van der Waals surface area (Å²) in [6.07, 6.45) is 0.586. The number of amides is 2. The van der Waals surface area contributed by atoms with Gasteiger partial charge in [-0.2, -0.15) is 5.10 Å². The number of anilines is 1. The third-order valence-electron chi connectivity index (χ3n) is 5.72. The molecule has 0 spiro atoms. The van der Waals surface area contributed by atoms with Gasteiger partial charge >= 0.3 is 0 Å². The van der Waals surface area contributed by atoms with Crippen LogP contribution in [0.2, 0.25) is 0 Å². The molecule has 1 aliphatic rings. The number of carbonyl (C=O) groups excluding carboxylic acids is 2. The van der Waals surface area contributed by atoms with Crippen LogP contribution in [-0.2, 0) is 4.79 Å². The van der Waals surface area contributed by atoms with Crippen LogP contribution in [0.15, 0.2) is 79.0 Å². The van der Waals surface area contributed by atoms with Gasteiger partial charge in [0.1, 0.15) is 23.0 Å². The van der Waals surface area contributed by atoms with Crippen molar-refractivity contribution in [2.75, 3.05) is 18.6 Å². The Kier molecular flexibility index (Phi) is 5.66. The van der Waals surface area contributed by atoms with Crippen LogP contribution in [-0.4, -0.2) is 41.4 Å². The van der Waals surface area contributed by atoms with E-state index in [1.807, 2.05) is 6.07 Å². The summed E-state index contributed by atoms with van der Waals surface area (Å²) in [5.74, 6) is -0.467. The molecule has 4 aromatic rings.